The zero-order valence-electron chi connectivity index (χ0n) is 14.7. The van der Waals surface area contributed by atoms with Gasteiger partial charge in [-0.15, -0.1) is 32.9 Å². The highest BCUT2D eigenvalue weighted by Gasteiger charge is 2.33. The smallest absolute Gasteiger partial charge is 0.180 e. The fraction of sp³-hybridized carbons (Fsp3) is 0.312. The Kier molecular flexibility index (Phi) is 4.76. The Balaban J connectivity index is 1.46. The molecule has 4 aromatic rings. The predicted octanol–water partition coefficient (Wildman–Crippen LogP) is 2.43. The van der Waals surface area contributed by atoms with E-state index in [-0.39, 0.29) is 0 Å². The first-order valence-electron chi connectivity index (χ1n) is 8.10. The Bertz CT molecular complexity index is 1060. The number of aromatic nitrogens is 6. The van der Waals surface area contributed by atoms with Crippen molar-refractivity contribution in [2.75, 3.05) is 5.73 Å². The normalized spacial score (nSPS) is 13.7. The van der Waals surface area contributed by atoms with Gasteiger partial charge in [0.05, 0.1) is 17.9 Å². The summed E-state index contributed by atoms with van der Waals surface area (Å²) in [4.78, 5) is 8.62. The molecule has 0 saturated heterocycles. The topological polar surface area (TPSA) is 116 Å². The summed E-state index contributed by atoms with van der Waals surface area (Å²) in [6, 6.07) is 1.94. The molecular formula is C16H17N7OS3. The van der Waals surface area contributed by atoms with E-state index in [2.05, 4.69) is 25.3 Å². The summed E-state index contributed by atoms with van der Waals surface area (Å²) in [6.45, 7) is 4.18. The van der Waals surface area contributed by atoms with Crippen LogP contribution in [-0.4, -0.2) is 35.1 Å². The van der Waals surface area contributed by atoms with Crippen LogP contribution in [0.1, 0.15) is 39.0 Å². The van der Waals surface area contributed by atoms with E-state index in [4.69, 9.17) is 5.73 Å². The molecule has 3 N–H and O–H groups in total. The van der Waals surface area contributed by atoms with Crippen LogP contribution in [0.4, 0.5) is 5.13 Å². The molecular weight excluding hydrogens is 402 g/mol. The van der Waals surface area contributed by atoms with Crippen molar-refractivity contribution < 1.29 is 5.11 Å². The summed E-state index contributed by atoms with van der Waals surface area (Å²) < 4.78 is 1.82. The van der Waals surface area contributed by atoms with Crippen LogP contribution in [0.15, 0.2) is 23.0 Å². The first-order chi connectivity index (χ1) is 12.9. The number of nitrogens with two attached hydrogens (primary N) is 1. The van der Waals surface area contributed by atoms with Gasteiger partial charge in [-0.3, -0.25) is 4.68 Å². The van der Waals surface area contributed by atoms with Crippen LogP contribution < -0.4 is 5.73 Å². The molecule has 0 aromatic carbocycles. The van der Waals surface area contributed by atoms with Crippen molar-refractivity contribution in [2.45, 2.75) is 32.4 Å². The molecule has 4 rings (SSSR count). The van der Waals surface area contributed by atoms with Gasteiger partial charge in [-0.1, -0.05) is 11.3 Å². The van der Waals surface area contributed by atoms with E-state index < -0.39 is 5.60 Å². The number of nitrogen functional groups attached to an aromatic ring is 1. The van der Waals surface area contributed by atoms with Gasteiger partial charge in [0.1, 0.15) is 10.0 Å². The second-order valence-electron chi connectivity index (χ2n) is 6.23. The number of anilines is 1. The van der Waals surface area contributed by atoms with E-state index >= 15 is 0 Å². The van der Waals surface area contributed by atoms with Crippen LogP contribution in [0.3, 0.4) is 0 Å². The molecule has 0 fully saturated rings. The fourth-order valence-electron chi connectivity index (χ4n) is 2.49. The number of rotatable bonds is 6. The summed E-state index contributed by atoms with van der Waals surface area (Å²) in [5.41, 5.74) is 7.07. The highest BCUT2D eigenvalue weighted by Crippen LogP contribution is 2.33. The van der Waals surface area contributed by atoms with Gasteiger partial charge < -0.3 is 10.8 Å². The highest BCUT2D eigenvalue weighted by atomic mass is 32.1. The molecule has 1 atom stereocenters. The maximum Gasteiger partial charge on any atom is 0.180 e. The summed E-state index contributed by atoms with van der Waals surface area (Å²) in [6.07, 6.45) is 2.46. The molecule has 0 spiro atoms. The van der Waals surface area contributed by atoms with Crippen molar-refractivity contribution in [2.24, 2.45) is 0 Å². The van der Waals surface area contributed by atoms with E-state index in [1.165, 1.54) is 34.0 Å². The third-order valence-corrected chi connectivity index (χ3v) is 6.87. The van der Waals surface area contributed by atoms with Crippen LogP contribution in [0, 0.1) is 6.92 Å². The van der Waals surface area contributed by atoms with E-state index in [1.54, 1.807) is 6.92 Å². The fourth-order valence-corrected chi connectivity index (χ4v) is 4.87. The number of hydrogen-bond donors (Lipinski definition) is 2. The van der Waals surface area contributed by atoms with Crippen LogP contribution in [0.25, 0.3) is 0 Å². The lowest BCUT2D eigenvalue weighted by Crippen LogP contribution is -2.22. The standard InChI is InChI=1S/C16H17N7OS3/c1-9-7-25-13(18-9)16(2,24)14-21-20-12(27-14)5-10-3-4-23(22-10)6-11-8-26-15(17)19-11/h3-4,7-8,24H,5-6H2,1-2H3,(H2,17,19). The minimum absolute atomic E-state index is 0.532. The van der Waals surface area contributed by atoms with E-state index in [0.29, 0.717) is 28.1 Å². The molecule has 4 heterocycles. The van der Waals surface area contributed by atoms with Crippen molar-refractivity contribution in [3.8, 4) is 0 Å². The molecule has 0 amide bonds. The summed E-state index contributed by atoms with van der Waals surface area (Å²) in [5.74, 6) is 0. The lowest BCUT2D eigenvalue weighted by molar-refractivity contribution is 0.101. The minimum atomic E-state index is -1.24. The molecule has 0 aliphatic carbocycles. The van der Waals surface area contributed by atoms with E-state index in [1.807, 2.05) is 34.6 Å². The number of thiazole rings is 2. The van der Waals surface area contributed by atoms with Crippen molar-refractivity contribution in [3.63, 3.8) is 0 Å². The van der Waals surface area contributed by atoms with Crippen molar-refractivity contribution >= 4 is 39.1 Å². The predicted molar refractivity (Wildman–Crippen MR) is 106 cm³/mol. The molecule has 0 radical (unpaired) electrons. The van der Waals surface area contributed by atoms with Gasteiger partial charge in [0.25, 0.3) is 0 Å². The quantitative estimate of drug-likeness (QED) is 0.493. The number of nitrogens with zero attached hydrogens (tertiary/aromatic N) is 6. The Morgan fingerprint density at radius 3 is 2.70 bits per heavy atom. The summed E-state index contributed by atoms with van der Waals surface area (Å²) in [7, 11) is 0. The van der Waals surface area contributed by atoms with Gasteiger partial charge in [0.15, 0.2) is 15.7 Å². The first kappa shape index (κ1) is 18.2. The molecule has 140 valence electrons. The van der Waals surface area contributed by atoms with Crippen LogP contribution in [-0.2, 0) is 18.6 Å². The zero-order chi connectivity index (χ0) is 19.0. The average molecular weight is 420 g/mol. The Morgan fingerprint density at radius 2 is 2.00 bits per heavy atom. The molecule has 27 heavy (non-hydrogen) atoms. The third-order valence-electron chi connectivity index (χ3n) is 3.84. The van der Waals surface area contributed by atoms with Crippen LogP contribution in [0.5, 0.6) is 0 Å². The van der Waals surface area contributed by atoms with Gasteiger partial charge in [-0.2, -0.15) is 5.10 Å². The lowest BCUT2D eigenvalue weighted by atomic mass is 10.1. The third kappa shape index (κ3) is 3.90. The molecule has 0 saturated carbocycles. The Labute approximate surface area is 167 Å². The van der Waals surface area contributed by atoms with Crippen LogP contribution >= 0.6 is 34.0 Å². The lowest BCUT2D eigenvalue weighted by Gasteiger charge is -2.16. The highest BCUT2D eigenvalue weighted by molar-refractivity contribution is 7.13. The van der Waals surface area contributed by atoms with Crippen molar-refractivity contribution in [3.05, 3.63) is 55.1 Å². The molecule has 0 aliphatic rings. The van der Waals surface area contributed by atoms with Crippen molar-refractivity contribution in [1.29, 1.82) is 0 Å². The first-order valence-corrected chi connectivity index (χ1v) is 10.7. The number of hydrogen-bond acceptors (Lipinski definition) is 10. The maximum absolute atomic E-state index is 10.8. The van der Waals surface area contributed by atoms with Crippen molar-refractivity contribution in [1.82, 2.24) is 29.9 Å². The maximum atomic E-state index is 10.8. The number of aliphatic hydroxyl groups is 1. The molecule has 0 bridgehead atoms. The monoisotopic (exact) mass is 419 g/mol. The average Bonchev–Trinajstić information content (AvgIpc) is 3.38. The van der Waals surface area contributed by atoms with Gasteiger partial charge in [-0.05, 0) is 19.9 Å². The summed E-state index contributed by atoms with van der Waals surface area (Å²) >= 11 is 4.21. The van der Waals surface area contributed by atoms with Gasteiger partial charge in [-0.25, -0.2) is 9.97 Å². The second kappa shape index (κ2) is 7.08. The van der Waals surface area contributed by atoms with E-state index in [0.717, 1.165) is 22.1 Å². The molecule has 8 nitrogen and oxygen atoms in total. The SMILES string of the molecule is Cc1csc(C(C)(O)c2nnc(Cc3ccn(Cc4csc(N)n4)n3)s2)n1. The largest absolute Gasteiger partial charge is 0.376 e. The molecule has 1 unspecified atom stereocenters. The van der Waals surface area contributed by atoms with Gasteiger partial charge in [0.2, 0.25) is 0 Å². The molecule has 11 heteroatoms. The number of aryl methyl sites for hydroxylation is 1. The zero-order valence-corrected chi connectivity index (χ0v) is 17.1. The molecule has 0 aliphatic heterocycles. The van der Waals surface area contributed by atoms with E-state index in [9.17, 15) is 5.11 Å². The second-order valence-corrected chi connectivity index (χ2v) is 9.04. The Morgan fingerprint density at radius 1 is 1.15 bits per heavy atom. The minimum Gasteiger partial charge on any atom is -0.376 e. The van der Waals surface area contributed by atoms with Gasteiger partial charge >= 0.3 is 0 Å². The summed E-state index contributed by atoms with van der Waals surface area (Å²) in [5, 5.41) is 30.1. The Hall–Kier alpha value is -2.21. The van der Waals surface area contributed by atoms with Gasteiger partial charge in [0, 0.05) is 29.1 Å². The van der Waals surface area contributed by atoms with Crippen LogP contribution in [0.2, 0.25) is 0 Å². The molecule has 4 aromatic heterocycles.